The maximum Gasteiger partial charge on any atom is 2.00 e. The van der Waals surface area contributed by atoms with Gasteiger partial charge in [0, 0.05) is 0 Å². The van der Waals surface area contributed by atoms with Crippen LogP contribution in [-0.2, 0) is 0 Å². The van der Waals surface area contributed by atoms with Crippen molar-refractivity contribution >= 4 is 45.6 Å². The Hall–Kier alpha value is 0.976. The molecule has 92 valence electrons. The summed E-state index contributed by atoms with van der Waals surface area (Å²) < 4.78 is 1.31. The molecule has 0 amide bonds. The average Bonchev–Trinajstić information content (AvgIpc) is 2.26. The molecular weight excluding hydrogens is 319 g/mol. The van der Waals surface area contributed by atoms with Crippen LogP contribution >= 0.6 is 22.6 Å². The minimum absolute atomic E-state index is 0. The monoisotopic (exact) mass is 346 g/mol. The van der Waals surface area contributed by atoms with E-state index in [0.29, 0.717) is 0 Å². The zero-order valence-electron chi connectivity index (χ0n) is 12.8. The SMILES string of the molecule is CCCC/C=C\C=C\CCCCCCI.[H-].[H-].[Mg+2]. The zero-order valence-corrected chi connectivity index (χ0v) is 14.3. The standard InChI is InChI=1S/C14H25I.Mg.2H/c1-2-3-4-5-6-7-8-9-10-11-12-13-14-15;;;/h5-8H,2-4,9-14H2,1H3;;;/q;+2;2*-1/b6-5-,8-7+;;;. The molecule has 2 heteroatoms. The third-order valence-corrected chi connectivity index (χ3v) is 3.12. The van der Waals surface area contributed by atoms with Crippen LogP contribution in [0.5, 0.6) is 0 Å². The quantitative estimate of drug-likeness (QED) is 0.161. The molecular formula is C14H27IMg. The average molecular weight is 347 g/mol. The Morgan fingerprint density at radius 2 is 1.44 bits per heavy atom. The molecule has 0 aliphatic rings. The number of halogens is 1. The summed E-state index contributed by atoms with van der Waals surface area (Å²) in [5.74, 6) is 0. The van der Waals surface area contributed by atoms with Gasteiger partial charge in [-0.15, -0.1) is 0 Å². The van der Waals surface area contributed by atoms with Gasteiger partial charge in [-0.25, -0.2) is 0 Å². The van der Waals surface area contributed by atoms with E-state index in [4.69, 9.17) is 0 Å². The first-order valence-corrected chi connectivity index (χ1v) is 7.82. The summed E-state index contributed by atoms with van der Waals surface area (Å²) >= 11 is 2.45. The van der Waals surface area contributed by atoms with E-state index < -0.39 is 0 Å². The van der Waals surface area contributed by atoms with Crippen molar-refractivity contribution in [2.45, 2.75) is 58.3 Å². The number of unbranched alkanes of at least 4 members (excludes halogenated alkanes) is 6. The summed E-state index contributed by atoms with van der Waals surface area (Å²) in [5, 5.41) is 0. The molecule has 0 nitrogen and oxygen atoms in total. The molecule has 0 aliphatic carbocycles. The molecule has 0 spiro atoms. The number of alkyl halides is 1. The Balaban J connectivity index is -0.000000327. The molecule has 16 heavy (non-hydrogen) atoms. The molecule has 0 saturated carbocycles. The summed E-state index contributed by atoms with van der Waals surface area (Å²) in [6, 6.07) is 0. The van der Waals surface area contributed by atoms with Crippen LogP contribution in [0.4, 0.5) is 0 Å². The van der Waals surface area contributed by atoms with Gasteiger partial charge in [0.25, 0.3) is 0 Å². The van der Waals surface area contributed by atoms with Crippen molar-refractivity contribution in [2.75, 3.05) is 4.43 Å². The zero-order chi connectivity index (χ0) is 11.2. The van der Waals surface area contributed by atoms with E-state index in [1.807, 2.05) is 0 Å². The maximum absolute atomic E-state index is 2.45. The largest absolute Gasteiger partial charge is 2.00 e. The van der Waals surface area contributed by atoms with Crippen molar-refractivity contribution in [3.05, 3.63) is 24.3 Å². The summed E-state index contributed by atoms with van der Waals surface area (Å²) in [7, 11) is 0. The predicted molar refractivity (Wildman–Crippen MR) is 87.8 cm³/mol. The Bertz CT molecular complexity index is 173. The molecule has 0 aromatic rings. The first-order chi connectivity index (χ1) is 7.41. The number of allylic oxidation sites excluding steroid dienone is 4. The molecule has 0 N–H and O–H groups in total. The molecule has 0 aromatic carbocycles. The van der Waals surface area contributed by atoms with Gasteiger partial charge in [0.1, 0.15) is 0 Å². The number of hydrogen-bond donors (Lipinski definition) is 0. The molecule has 0 unspecified atom stereocenters. The molecule has 0 heterocycles. The minimum atomic E-state index is 0. The Morgan fingerprint density at radius 1 is 0.875 bits per heavy atom. The minimum Gasteiger partial charge on any atom is -1.00 e. The van der Waals surface area contributed by atoms with Gasteiger partial charge in [-0.3, -0.25) is 0 Å². The summed E-state index contributed by atoms with van der Waals surface area (Å²) in [4.78, 5) is 0. The molecule has 0 aliphatic heterocycles. The summed E-state index contributed by atoms with van der Waals surface area (Å²) in [6.45, 7) is 2.24. The van der Waals surface area contributed by atoms with Gasteiger partial charge in [-0.05, 0) is 30.1 Å². The van der Waals surface area contributed by atoms with E-state index in [1.54, 1.807) is 0 Å². The van der Waals surface area contributed by atoms with Crippen LogP contribution in [0.2, 0.25) is 0 Å². The number of rotatable bonds is 10. The fourth-order valence-corrected chi connectivity index (χ4v) is 1.92. The second kappa shape index (κ2) is 18.3. The molecule has 0 saturated heterocycles. The molecule has 0 radical (unpaired) electrons. The summed E-state index contributed by atoms with van der Waals surface area (Å²) in [5.41, 5.74) is 0. The van der Waals surface area contributed by atoms with Gasteiger partial charge in [-0.1, -0.05) is 79.5 Å². The van der Waals surface area contributed by atoms with Crippen molar-refractivity contribution in [2.24, 2.45) is 0 Å². The van der Waals surface area contributed by atoms with E-state index in [-0.39, 0.29) is 25.9 Å². The summed E-state index contributed by atoms with van der Waals surface area (Å²) in [6.07, 6.45) is 19.6. The second-order valence-electron chi connectivity index (χ2n) is 3.89. The number of hydrogen-bond acceptors (Lipinski definition) is 0. The van der Waals surface area contributed by atoms with Gasteiger partial charge >= 0.3 is 23.1 Å². The van der Waals surface area contributed by atoms with Crippen LogP contribution in [0, 0.1) is 0 Å². The molecule has 0 rings (SSSR count). The fraction of sp³-hybridized carbons (Fsp3) is 0.714. The van der Waals surface area contributed by atoms with Crippen molar-refractivity contribution < 1.29 is 2.85 Å². The van der Waals surface area contributed by atoms with Gasteiger partial charge in [0.15, 0.2) is 0 Å². The van der Waals surface area contributed by atoms with Crippen LogP contribution in [-0.4, -0.2) is 27.5 Å². The van der Waals surface area contributed by atoms with Crippen molar-refractivity contribution in [3.63, 3.8) is 0 Å². The van der Waals surface area contributed by atoms with Gasteiger partial charge in [-0.2, -0.15) is 0 Å². The van der Waals surface area contributed by atoms with E-state index in [2.05, 4.69) is 53.8 Å². The van der Waals surface area contributed by atoms with E-state index in [9.17, 15) is 0 Å². The Kier molecular flexibility index (Phi) is 22.1. The molecule has 0 atom stereocenters. The Labute approximate surface area is 135 Å². The van der Waals surface area contributed by atoms with Gasteiger partial charge in [0.05, 0.1) is 0 Å². The van der Waals surface area contributed by atoms with Crippen LogP contribution in [0.25, 0.3) is 0 Å². The topological polar surface area (TPSA) is 0 Å². The normalized spacial score (nSPS) is 11.1. The van der Waals surface area contributed by atoms with Crippen LogP contribution in [0.15, 0.2) is 24.3 Å². The van der Waals surface area contributed by atoms with Crippen molar-refractivity contribution in [3.8, 4) is 0 Å². The molecule has 0 bridgehead atoms. The van der Waals surface area contributed by atoms with Crippen LogP contribution in [0.3, 0.4) is 0 Å². The van der Waals surface area contributed by atoms with Gasteiger partial charge in [0.2, 0.25) is 0 Å². The van der Waals surface area contributed by atoms with Crippen LogP contribution in [0.1, 0.15) is 61.1 Å². The molecule has 0 fully saturated rings. The molecule has 0 aromatic heterocycles. The first kappa shape index (κ1) is 19.3. The maximum atomic E-state index is 2.45. The van der Waals surface area contributed by atoms with E-state index in [1.165, 1.54) is 55.8 Å². The smallest absolute Gasteiger partial charge is 1.00 e. The van der Waals surface area contributed by atoms with Crippen LogP contribution < -0.4 is 0 Å². The third-order valence-electron chi connectivity index (χ3n) is 2.36. The van der Waals surface area contributed by atoms with Crippen molar-refractivity contribution in [1.82, 2.24) is 0 Å². The van der Waals surface area contributed by atoms with E-state index in [0.717, 1.165) is 0 Å². The van der Waals surface area contributed by atoms with Gasteiger partial charge < -0.3 is 2.85 Å². The third kappa shape index (κ3) is 17.4. The fourth-order valence-electron chi connectivity index (χ4n) is 1.38. The second-order valence-corrected chi connectivity index (χ2v) is 4.97. The first-order valence-electron chi connectivity index (χ1n) is 6.29. The predicted octanol–water partition coefficient (Wildman–Crippen LogP) is 5.52. The Morgan fingerprint density at radius 3 is 2.00 bits per heavy atom. The van der Waals surface area contributed by atoms with Crippen molar-refractivity contribution in [1.29, 1.82) is 0 Å². The van der Waals surface area contributed by atoms with E-state index >= 15 is 0 Å².